The Morgan fingerprint density at radius 3 is 2.79 bits per heavy atom. The van der Waals surface area contributed by atoms with Gasteiger partial charge < -0.3 is 19.7 Å². The molecule has 2 aliphatic rings. The molecule has 2 unspecified atom stereocenters. The molecule has 6 heteroatoms. The maximum absolute atomic E-state index is 12.0. The van der Waals surface area contributed by atoms with Crippen LogP contribution >= 0.6 is 12.4 Å². The first-order valence-electron chi connectivity index (χ1n) is 6.90. The van der Waals surface area contributed by atoms with E-state index in [0.29, 0.717) is 38.3 Å². The molecule has 2 heterocycles. The van der Waals surface area contributed by atoms with Crippen molar-refractivity contribution in [3.8, 4) is 0 Å². The van der Waals surface area contributed by atoms with Gasteiger partial charge in [0.1, 0.15) is 0 Å². The summed E-state index contributed by atoms with van der Waals surface area (Å²) < 4.78 is 10.2. The van der Waals surface area contributed by atoms with E-state index in [-0.39, 0.29) is 18.3 Å². The minimum atomic E-state index is 0. The summed E-state index contributed by atoms with van der Waals surface area (Å²) in [6.45, 7) is 3.42. The maximum Gasteiger partial charge on any atom is 0.224 e. The molecule has 0 spiro atoms. The quantitative estimate of drug-likeness (QED) is 0.736. The normalized spacial score (nSPS) is 25.8. The van der Waals surface area contributed by atoms with Crippen molar-refractivity contribution in [2.75, 3.05) is 40.0 Å². The molecule has 5 nitrogen and oxygen atoms in total. The van der Waals surface area contributed by atoms with E-state index in [1.54, 1.807) is 7.11 Å². The van der Waals surface area contributed by atoms with E-state index >= 15 is 0 Å². The monoisotopic (exact) mass is 292 g/mol. The number of carbonyl (C=O) groups is 1. The van der Waals surface area contributed by atoms with Crippen LogP contribution in [0.3, 0.4) is 0 Å². The van der Waals surface area contributed by atoms with Crippen LogP contribution in [-0.2, 0) is 14.3 Å². The van der Waals surface area contributed by atoms with E-state index in [2.05, 4.69) is 5.32 Å². The van der Waals surface area contributed by atoms with Gasteiger partial charge in [0.25, 0.3) is 0 Å². The van der Waals surface area contributed by atoms with Gasteiger partial charge in [0.05, 0.1) is 26.2 Å². The molecule has 0 radical (unpaired) electrons. The minimum Gasteiger partial charge on any atom is -0.382 e. The van der Waals surface area contributed by atoms with Crippen LogP contribution in [0.1, 0.15) is 25.7 Å². The Morgan fingerprint density at radius 1 is 1.21 bits per heavy atom. The predicted octanol–water partition coefficient (Wildman–Crippen LogP) is 0.814. The standard InChI is InChI=1S/C13H24N2O3.ClH/c1-17-8-9-18-7-5-13(16)15-6-4-11-2-3-12(10-15)14-11;/h11-12,14H,2-10H2,1H3;1H. The molecule has 0 aromatic carbocycles. The molecule has 2 aliphatic heterocycles. The molecule has 0 aromatic rings. The lowest BCUT2D eigenvalue weighted by Gasteiger charge is -2.24. The van der Waals surface area contributed by atoms with Crippen LogP contribution < -0.4 is 5.32 Å². The molecular weight excluding hydrogens is 268 g/mol. The zero-order valence-corrected chi connectivity index (χ0v) is 12.4. The van der Waals surface area contributed by atoms with E-state index in [9.17, 15) is 4.79 Å². The van der Waals surface area contributed by atoms with Crippen LogP contribution in [0, 0.1) is 0 Å². The number of amides is 1. The zero-order chi connectivity index (χ0) is 12.8. The van der Waals surface area contributed by atoms with Crippen molar-refractivity contribution in [1.82, 2.24) is 10.2 Å². The van der Waals surface area contributed by atoms with Gasteiger partial charge in [-0.25, -0.2) is 0 Å². The molecule has 2 bridgehead atoms. The second-order valence-electron chi connectivity index (χ2n) is 5.12. The van der Waals surface area contributed by atoms with Crippen molar-refractivity contribution in [2.45, 2.75) is 37.8 Å². The van der Waals surface area contributed by atoms with Gasteiger partial charge in [-0.3, -0.25) is 4.79 Å². The predicted molar refractivity (Wildman–Crippen MR) is 75.7 cm³/mol. The highest BCUT2D eigenvalue weighted by Crippen LogP contribution is 2.20. The van der Waals surface area contributed by atoms with Gasteiger partial charge in [-0.15, -0.1) is 12.4 Å². The summed E-state index contributed by atoms with van der Waals surface area (Å²) in [6, 6.07) is 1.14. The molecule has 1 N–H and O–H groups in total. The topological polar surface area (TPSA) is 50.8 Å². The number of fused-ring (bicyclic) bond motifs is 2. The van der Waals surface area contributed by atoms with Crippen molar-refractivity contribution in [3.63, 3.8) is 0 Å². The largest absolute Gasteiger partial charge is 0.382 e. The number of halogens is 1. The lowest BCUT2D eigenvalue weighted by molar-refractivity contribution is -0.132. The highest BCUT2D eigenvalue weighted by atomic mass is 35.5. The van der Waals surface area contributed by atoms with Gasteiger partial charge in [-0.2, -0.15) is 0 Å². The second kappa shape index (κ2) is 8.74. The van der Waals surface area contributed by atoms with Crippen molar-refractivity contribution in [3.05, 3.63) is 0 Å². The average molecular weight is 293 g/mol. The Hall–Kier alpha value is -0.360. The third-order valence-electron chi connectivity index (χ3n) is 3.77. The molecule has 112 valence electrons. The molecule has 0 aliphatic carbocycles. The van der Waals surface area contributed by atoms with E-state index in [1.807, 2.05) is 4.90 Å². The van der Waals surface area contributed by atoms with E-state index < -0.39 is 0 Å². The zero-order valence-electron chi connectivity index (χ0n) is 11.6. The summed E-state index contributed by atoms with van der Waals surface area (Å²) in [7, 11) is 1.65. The van der Waals surface area contributed by atoms with Crippen LogP contribution in [0.5, 0.6) is 0 Å². The minimum absolute atomic E-state index is 0. The van der Waals surface area contributed by atoms with Crippen LogP contribution in [0.25, 0.3) is 0 Å². The van der Waals surface area contributed by atoms with Gasteiger partial charge in [0.15, 0.2) is 0 Å². The van der Waals surface area contributed by atoms with Gasteiger partial charge in [0, 0.05) is 32.3 Å². The summed E-state index contributed by atoms with van der Waals surface area (Å²) in [4.78, 5) is 14.0. The number of carbonyl (C=O) groups excluding carboxylic acids is 1. The molecule has 19 heavy (non-hydrogen) atoms. The molecular formula is C13H25ClN2O3. The lowest BCUT2D eigenvalue weighted by atomic mass is 10.1. The van der Waals surface area contributed by atoms with E-state index in [0.717, 1.165) is 19.5 Å². The Bertz CT molecular complexity index is 279. The molecule has 2 atom stereocenters. The first-order valence-corrected chi connectivity index (χ1v) is 6.90. The number of hydrogen-bond donors (Lipinski definition) is 1. The maximum atomic E-state index is 12.0. The smallest absolute Gasteiger partial charge is 0.224 e. The number of ether oxygens (including phenoxy) is 2. The van der Waals surface area contributed by atoms with E-state index in [1.165, 1.54) is 12.8 Å². The number of nitrogens with one attached hydrogen (secondary N) is 1. The third kappa shape index (κ3) is 5.26. The first kappa shape index (κ1) is 16.7. The average Bonchev–Trinajstić information content (AvgIpc) is 2.68. The highest BCUT2D eigenvalue weighted by molar-refractivity contribution is 5.85. The fraction of sp³-hybridized carbons (Fsp3) is 0.923. The van der Waals surface area contributed by atoms with Crippen LogP contribution in [0.15, 0.2) is 0 Å². The third-order valence-corrected chi connectivity index (χ3v) is 3.77. The molecule has 2 fully saturated rings. The number of rotatable bonds is 6. The fourth-order valence-corrected chi connectivity index (χ4v) is 2.73. The van der Waals surface area contributed by atoms with E-state index in [4.69, 9.17) is 9.47 Å². The van der Waals surface area contributed by atoms with Crippen LogP contribution in [0.4, 0.5) is 0 Å². The number of nitrogens with zero attached hydrogens (tertiary/aromatic N) is 1. The molecule has 1 amide bonds. The Balaban J connectivity index is 0.00000180. The highest BCUT2D eigenvalue weighted by Gasteiger charge is 2.30. The first-order chi connectivity index (χ1) is 8.79. The van der Waals surface area contributed by atoms with Crippen molar-refractivity contribution in [2.24, 2.45) is 0 Å². The summed E-state index contributed by atoms with van der Waals surface area (Å²) in [5, 5.41) is 3.58. The van der Waals surface area contributed by atoms with Crippen molar-refractivity contribution in [1.29, 1.82) is 0 Å². The molecule has 0 aromatic heterocycles. The van der Waals surface area contributed by atoms with Gasteiger partial charge in [0.2, 0.25) is 5.91 Å². The number of hydrogen-bond acceptors (Lipinski definition) is 4. The fourth-order valence-electron chi connectivity index (χ4n) is 2.73. The van der Waals surface area contributed by atoms with Crippen LogP contribution in [0.2, 0.25) is 0 Å². The Morgan fingerprint density at radius 2 is 2.00 bits per heavy atom. The molecule has 2 rings (SSSR count). The molecule has 2 saturated heterocycles. The van der Waals surface area contributed by atoms with Crippen LogP contribution in [-0.4, -0.2) is 62.9 Å². The summed E-state index contributed by atoms with van der Waals surface area (Å²) in [5.74, 6) is 0.224. The van der Waals surface area contributed by atoms with Gasteiger partial charge in [-0.05, 0) is 19.3 Å². The second-order valence-corrected chi connectivity index (χ2v) is 5.12. The van der Waals surface area contributed by atoms with Gasteiger partial charge >= 0.3 is 0 Å². The van der Waals surface area contributed by atoms with Crippen molar-refractivity contribution >= 4 is 18.3 Å². The summed E-state index contributed by atoms with van der Waals surface area (Å²) in [6.07, 6.45) is 4.06. The molecule has 0 saturated carbocycles. The number of likely N-dealkylation sites (tertiary alicyclic amines) is 1. The lowest BCUT2D eigenvalue weighted by Crippen LogP contribution is -2.39. The summed E-state index contributed by atoms with van der Waals surface area (Å²) in [5.41, 5.74) is 0. The van der Waals surface area contributed by atoms with Gasteiger partial charge in [-0.1, -0.05) is 0 Å². The summed E-state index contributed by atoms with van der Waals surface area (Å²) >= 11 is 0. The number of methoxy groups -OCH3 is 1. The Kier molecular flexibility index (Phi) is 7.68. The van der Waals surface area contributed by atoms with Crippen molar-refractivity contribution < 1.29 is 14.3 Å². The Labute approximate surface area is 121 Å². The SMILES string of the molecule is COCCOCCC(=O)N1CCC2CCC(C1)N2.Cl.